The highest BCUT2D eigenvalue weighted by Crippen LogP contribution is 2.23. The van der Waals surface area contributed by atoms with Crippen molar-refractivity contribution in [3.05, 3.63) is 5.54 Å². The second-order valence-electron chi connectivity index (χ2n) is 3.56. The van der Waals surface area contributed by atoms with E-state index >= 15 is 0 Å². The fourth-order valence-corrected chi connectivity index (χ4v) is 3.43. The van der Waals surface area contributed by atoms with Crippen LogP contribution in [0.2, 0.25) is 19.6 Å². The van der Waals surface area contributed by atoms with E-state index in [-0.39, 0.29) is 0 Å². The molecule has 9 heavy (non-hydrogen) atoms. The topological polar surface area (TPSA) is 0 Å². The molecular formula is C8H19Si. The first-order valence-electron chi connectivity index (χ1n) is 3.87. The summed E-state index contributed by atoms with van der Waals surface area (Å²) >= 11 is 0. The highest BCUT2D eigenvalue weighted by Gasteiger charge is 2.22. The molecule has 0 N–H and O–H groups in total. The minimum atomic E-state index is -0.870. The minimum absolute atomic E-state index is 0.870. The molecule has 0 nitrogen and oxygen atoms in total. The second-order valence-corrected chi connectivity index (χ2v) is 8.77. The quantitative estimate of drug-likeness (QED) is 0.532. The number of rotatable bonds is 3. The smallest absolute Gasteiger partial charge is 0.0508 e. The van der Waals surface area contributed by atoms with Gasteiger partial charge in [-0.25, -0.2) is 0 Å². The van der Waals surface area contributed by atoms with Crippen LogP contribution >= 0.6 is 0 Å². The van der Waals surface area contributed by atoms with Gasteiger partial charge in [-0.1, -0.05) is 46.3 Å². The first-order chi connectivity index (χ1) is 4.02. The third kappa shape index (κ3) is 3.04. The molecule has 0 spiro atoms. The van der Waals surface area contributed by atoms with Crippen LogP contribution < -0.4 is 0 Å². The molecule has 0 saturated carbocycles. The summed E-state index contributed by atoms with van der Waals surface area (Å²) in [5, 5.41) is 0. The van der Waals surface area contributed by atoms with E-state index in [9.17, 15) is 0 Å². The van der Waals surface area contributed by atoms with Crippen LogP contribution in [0.3, 0.4) is 0 Å². The molecular weight excluding hydrogens is 124 g/mol. The molecule has 1 heteroatoms. The number of hydrogen-bond acceptors (Lipinski definition) is 0. The predicted molar refractivity (Wildman–Crippen MR) is 47.2 cm³/mol. The van der Waals surface area contributed by atoms with E-state index in [1.807, 2.05) is 5.54 Å². The van der Waals surface area contributed by atoms with Gasteiger partial charge in [0.25, 0.3) is 0 Å². The van der Waals surface area contributed by atoms with Gasteiger partial charge >= 0.3 is 0 Å². The summed E-state index contributed by atoms with van der Waals surface area (Å²) in [5.41, 5.74) is 1.81. The van der Waals surface area contributed by atoms with E-state index in [0.717, 1.165) is 0 Å². The third-order valence-electron chi connectivity index (χ3n) is 1.91. The lowest BCUT2D eigenvalue weighted by Gasteiger charge is -2.25. The summed E-state index contributed by atoms with van der Waals surface area (Å²) in [6.07, 6.45) is 2.60. The van der Waals surface area contributed by atoms with Crippen molar-refractivity contribution in [2.75, 3.05) is 0 Å². The standard InChI is InChI=1S/C8H19Si/c1-6-8(7-2)9(3,4)5/h6-7H2,1-5H3. The van der Waals surface area contributed by atoms with Gasteiger partial charge in [-0.3, -0.25) is 0 Å². The molecule has 0 fully saturated rings. The lowest BCUT2D eigenvalue weighted by atomic mass is 10.3. The van der Waals surface area contributed by atoms with Crippen LogP contribution in [0.25, 0.3) is 0 Å². The van der Waals surface area contributed by atoms with Crippen molar-refractivity contribution >= 4 is 8.07 Å². The van der Waals surface area contributed by atoms with E-state index in [2.05, 4.69) is 33.5 Å². The van der Waals surface area contributed by atoms with Gasteiger partial charge in [-0.05, 0) is 5.54 Å². The SMILES string of the molecule is CC[C](CC)[Si](C)(C)C. The molecule has 0 aromatic carbocycles. The van der Waals surface area contributed by atoms with Crippen molar-refractivity contribution in [2.45, 2.75) is 46.3 Å². The Labute approximate surface area is 60.7 Å². The Morgan fingerprint density at radius 2 is 1.33 bits per heavy atom. The fourth-order valence-electron chi connectivity index (χ4n) is 1.31. The molecule has 0 unspecified atom stereocenters. The maximum absolute atomic E-state index is 2.43. The lowest BCUT2D eigenvalue weighted by molar-refractivity contribution is 0.897. The van der Waals surface area contributed by atoms with Gasteiger partial charge in [0, 0.05) is 0 Å². The van der Waals surface area contributed by atoms with Crippen LogP contribution in [0.15, 0.2) is 0 Å². The highest BCUT2D eigenvalue weighted by atomic mass is 28.3. The zero-order valence-electron chi connectivity index (χ0n) is 7.41. The van der Waals surface area contributed by atoms with Crippen LogP contribution in [0, 0.1) is 5.54 Å². The van der Waals surface area contributed by atoms with Crippen molar-refractivity contribution in [1.82, 2.24) is 0 Å². The van der Waals surface area contributed by atoms with Gasteiger partial charge in [0.1, 0.15) is 0 Å². The monoisotopic (exact) mass is 143 g/mol. The molecule has 0 aliphatic carbocycles. The van der Waals surface area contributed by atoms with Crippen LogP contribution in [-0.2, 0) is 0 Å². The van der Waals surface area contributed by atoms with E-state index in [1.54, 1.807) is 0 Å². The van der Waals surface area contributed by atoms with Crippen LogP contribution in [0.1, 0.15) is 26.7 Å². The van der Waals surface area contributed by atoms with Gasteiger partial charge in [0.2, 0.25) is 0 Å². The molecule has 0 bridgehead atoms. The first-order valence-corrected chi connectivity index (χ1v) is 7.37. The van der Waals surface area contributed by atoms with Crippen LogP contribution in [0.5, 0.6) is 0 Å². The summed E-state index contributed by atoms with van der Waals surface area (Å²) in [5.74, 6) is 0. The maximum Gasteiger partial charge on any atom is 0.0508 e. The van der Waals surface area contributed by atoms with E-state index < -0.39 is 8.07 Å². The van der Waals surface area contributed by atoms with Crippen molar-refractivity contribution < 1.29 is 0 Å². The zero-order valence-corrected chi connectivity index (χ0v) is 8.41. The van der Waals surface area contributed by atoms with Crippen molar-refractivity contribution in [1.29, 1.82) is 0 Å². The molecule has 0 aliphatic rings. The zero-order chi connectivity index (χ0) is 7.49. The molecule has 1 radical (unpaired) electrons. The normalized spacial score (nSPS) is 12.7. The van der Waals surface area contributed by atoms with Gasteiger partial charge < -0.3 is 0 Å². The Hall–Kier alpha value is 0.217. The van der Waals surface area contributed by atoms with Crippen LogP contribution in [0.4, 0.5) is 0 Å². The summed E-state index contributed by atoms with van der Waals surface area (Å²) in [6, 6.07) is 0. The van der Waals surface area contributed by atoms with E-state index in [4.69, 9.17) is 0 Å². The van der Waals surface area contributed by atoms with Crippen LogP contribution in [-0.4, -0.2) is 8.07 Å². The number of hydrogen-bond donors (Lipinski definition) is 0. The maximum atomic E-state index is 2.43. The molecule has 55 valence electrons. The molecule has 0 aliphatic heterocycles. The Balaban J connectivity index is 3.79. The van der Waals surface area contributed by atoms with Gasteiger partial charge in [-0.15, -0.1) is 0 Å². The largest absolute Gasteiger partial charge is 0.0691 e. The predicted octanol–water partition coefficient (Wildman–Crippen LogP) is 3.26. The summed E-state index contributed by atoms with van der Waals surface area (Å²) in [6.45, 7) is 11.8. The van der Waals surface area contributed by atoms with E-state index in [0.29, 0.717) is 0 Å². The van der Waals surface area contributed by atoms with Crippen molar-refractivity contribution in [3.8, 4) is 0 Å². The van der Waals surface area contributed by atoms with Gasteiger partial charge in [0.05, 0.1) is 8.07 Å². The average Bonchev–Trinajstić information content (AvgIpc) is 1.65. The summed E-state index contributed by atoms with van der Waals surface area (Å²) < 4.78 is 0. The fraction of sp³-hybridized carbons (Fsp3) is 0.875. The lowest BCUT2D eigenvalue weighted by Crippen LogP contribution is -2.29. The Morgan fingerprint density at radius 1 is 1.00 bits per heavy atom. The third-order valence-corrected chi connectivity index (χ3v) is 4.74. The van der Waals surface area contributed by atoms with Gasteiger partial charge in [-0.2, -0.15) is 0 Å². The van der Waals surface area contributed by atoms with Gasteiger partial charge in [0.15, 0.2) is 0 Å². The molecule has 0 heterocycles. The summed E-state index contributed by atoms with van der Waals surface area (Å²) in [4.78, 5) is 0. The minimum Gasteiger partial charge on any atom is -0.0691 e. The average molecular weight is 143 g/mol. The first kappa shape index (κ1) is 9.22. The molecule has 0 amide bonds. The van der Waals surface area contributed by atoms with E-state index in [1.165, 1.54) is 12.8 Å². The molecule has 0 aromatic heterocycles. The Kier molecular flexibility index (Phi) is 3.48. The molecule has 0 saturated heterocycles. The van der Waals surface area contributed by atoms with Crippen molar-refractivity contribution in [2.24, 2.45) is 0 Å². The molecule has 0 rings (SSSR count). The second kappa shape index (κ2) is 3.40. The van der Waals surface area contributed by atoms with Crippen molar-refractivity contribution in [3.63, 3.8) is 0 Å². The Bertz CT molecular complexity index is 67.1. The Morgan fingerprint density at radius 3 is 1.33 bits per heavy atom. The highest BCUT2D eigenvalue weighted by molar-refractivity contribution is 6.81. The summed E-state index contributed by atoms with van der Waals surface area (Å²) in [7, 11) is -0.870. The molecule has 0 atom stereocenters. The molecule has 0 aromatic rings.